The summed E-state index contributed by atoms with van der Waals surface area (Å²) in [5.74, 6) is -0.471. The molecule has 0 spiro atoms. The van der Waals surface area contributed by atoms with E-state index >= 15 is 0 Å². The molecule has 0 aliphatic carbocycles. The van der Waals surface area contributed by atoms with Gasteiger partial charge in [-0.15, -0.1) is 0 Å². The Morgan fingerprint density at radius 1 is 1.33 bits per heavy atom. The predicted octanol–water partition coefficient (Wildman–Crippen LogP) is 2.13. The molecule has 0 atom stereocenters. The molecule has 0 bridgehead atoms. The van der Waals surface area contributed by atoms with Crippen molar-refractivity contribution in [2.75, 3.05) is 0 Å². The van der Waals surface area contributed by atoms with Crippen LogP contribution in [0, 0.1) is 6.92 Å². The van der Waals surface area contributed by atoms with Crippen molar-refractivity contribution in [3.63, 3.8) is 0 Å². The van der Waals surface area contributed by atoms with E-state index in [-0.39, 0.29) is 23.2 Å². The maximum Gasteiger partial charge on any atom is 0.416 e. The molecule has 2 rings (SSSR count). The summed E-state index contributed by atoms with van der Waals surface area (Å²) in [6.07, 6.45) is -4.44. The highest BCUT2D eigenvalue weighted by Crippen LogP contribution is 2.35. The summed E-state index contributed by atoms with van der Waals surface area (Å²) in [4.78, 5) is 11.2. The molecule has 79 valence electrons. The maximum atomic E-state index is 12.6. The number of carbonyl (C=O) groups excluding carboxylic acids is 1. The Morgan fingerprint density at radius 2 is 2.00 bits per heavy atom. The van der Waals surface area contributed by atoms with Crippen LogP contribution in [0.3, 0.4) is 0 Å². The quantitative estimate of drug-likeness (QED) is 0.704. The van der Waals surface area contributed by atoms with Gasteiger partial charge in [-0.05, 0) is 30.2 Å². The number of hydrogen-bond donors (Lipinski definition) is 1. The van der Waals surface area contributed by atoms with Crippen LogP contribution in [0.4, 0.5) is 13.2 Å². The number of nitrogens with one attached hydrogen (secondary N) is 1. The van der Waals surface area contributed by atoms with Gasteiger partial charge in [0.05, 0.1) is 5.56 Å². The van der Waals surface area contributed by atoms with Crippen LogP contribution in [-0.2, 0) is 12.7 Å². The van der Waals surface area contributed by atoms with Crippen molar-refractivity contribution in [3.8, 4) is 0 Å². The van der Waals surface area contributed by atoms with Crippen LogP contribution in [0.25, 0.3) is 0 Å². The molecule has 0 fully saturated rings. The molecular weight excluding hydrogens is 207 g/mol. The van der Waals surface area contributed by atoms with Gasteiger partial charge in [0.1, 0.15) is 0 Å². The van der Waals surface area contributed by atoms with Gasteiger partial charge in [-0.1, -0.05) is 0 Å². The molecule has 1 aliphatic rings. The van der Waals surface area contributed by atoms with Crippen molar-refractivity contribution in [2.24, 2.45) is 0 Å². The van der Waals surface area contributed by atoms with E-state index < -0.39 is 17.6 Å². The van der Waals surface area contributed by atoms with E-state index in [4.69, 9.17) is 0 Å². The second kappa shape index (κ2) is 2.98. The third-order valence-corrected chi connectivity index (χ3v) is 2.29. The van der Waals surface area contributed by atoms with E-state index in [1.807, 2.05) is 0 Å². The molecule has 1 N–H and O–H groups in total. The van der Waals surface area contributed by atoms with Crippen molar-refractivity contribution < 1.29 is 18.0 Å². The Bertz CT molecular complexity index is 437. The van der Waals surface area contributed by atoms with Crippen LogP contribution in [0.2, 0.25) is 0 Å². The largest absolute Gasteiger partial charge is 0.416 e. The number of alkyl halides is 3. The predicted molar refractivity (Wildman–Crippen MR) is 47.1 cm³/mol. The van der Waals surface area contributed by atoms with Crippen molar-refractivity contribution in [1.29, 1.82) is 0 Å². The zero-order valence-corrected chi connectivity index (χ0v) is 7.61. The first-order chi connectivity index (χ1) is 6.89. The van der Waals surface area contributed by atoms with Gasteiger partial charge in [0.15, 0.2) is 0 Å². The third kappa shape index (κ3) is 1.58. The second-order valence-electron chi connectivity index (χ2n) is 3.35. The average molecular weight is 214 g/mol. The van der Waals surface area contributed by atoms with E-state index in [9.17, 15) is 18.0 Å². The lowest BCUT2D eigenvalue weighted by atomic mass is 10.00. The van der Waals surface area contributed by atoms with Crippen molar-refractivity contribution >= 4 is 5.91 Å². The van der Waals surface area contributed by atoms with E-state index in [2.05, 4.69) is 12.2 Å². The standard InChI is InChI=1S/C10H7F3NO/c1-5-2-6-7(4-14-9(6)15)8(3-5)10(11,12)13/h2-3H,1,4H2,(H,14,15). The first-order valence-electron chi connectivity index (χ1n) is 4.24. The summed E-state index contributed by atoms with van der Waals surface area (Å²) in [5.41, 5.74) is -0.490. The van der Waals surface area contributed by atoms with Crippen LogP contribution in [-0.4, -0.2) is 5.91 Å². The van der Waals surface area contributed by atoms with Crippen LogP contribution in [0.1, 0.15) is 27.0 Å². The van der Waals surface area contributed by atoms with E-state index in [1.54, 1.807) is 0 Å². The number of benzene rings is 1. The molecule has 5 heteroatoms. The van der Waals surface area contributed by atoms with Crippen LogP contribution in [0.5, 0.6) is 0 Å². The number of rotatable bonds is 0. The molecule has 1 aromatic carbocycles. The smallest absolute Gasteiger partial charge is 0.348 e. The minimum absolute atomic E-state index is 0.0138. The van der Waals surface area contributed by atoms with E-state index in [0.717, 1.165) is 6.07 Å². The fraction of sp³-hybridized carbons (Fsp3) is 0.200. The fourth-order valence-corrected chi connectivity index (χ4v) is 1.64. The number of halogens is 3. The van der Waals surface area contributed by atoms with E-state index in [1.165, 1.54) is 6.07 Å². The van der Waals surface area contributed by atoms with Gasteiger partial charge in [0.2, 0.25) is 0 Å². The normalized spacial score (nSPS) is 15.1. The average Bonchev–Trinajstić information content (AvgIpc) is 2.45. The van der Waals surface area contributed by atoms with Gasteiger partial charge in [0, 0.05) is 12.1 Å². The number of fused-ring (bicyclic) bond motifs is 1. The van der Waals surface area contributed by atoms with Crippen molar-refractivity contribution in [1.82, 2.24) is 5.32 Å². The molecule has 0 unspecified atom stereocenters. The zero-order valence-electron chi connectivity index (χ0n) is 7.61. The first-order valence-corrected chi connectivity index (χ1v) is 4.24. The Labute approximate surface area is 84.1 Å². The lowest BCUT2D eigenvalue weighted by Gasteiger charge is -2.11. The Hall–Kier alpha value is -1.52. The maximum absolute atomic E-state index is 12.6. The molecule has 0 aromatic heterocycles. The Balaban J connectivity index is 2.67. The highest BCUT2D eigenvalue weighted by Gasteiger charge is 2.37. The SMILES string of the molecule is [CH2]c1cc2c(c(C(F)(F)F)c1)CNC2=O. The molecule has 1 amide bonds. The van der Waals surface area contributed by atoms with Crippen LogP contribution < -0.4 is 5.32 Å². The first kappa shape index (κ1) is 10.0. The summed E-state index contributed by atoms with van der Waals surface area (Å²) < 4.78 is 37.8. The van der Waals surface area contributed by atoms with Gasteiger partial charge >= 0.3 is 6.18 Å². The number of amides is 1. The van der Waals surface area contributed by atoms with Gasteiger partial charge in [-0.3, -0.25) is 4.79 Å². The minimum Gasteiger partial charge on any atom is -0.348 e. The van der Waals surface area contributed by atoms with Gasteiger partial charge in [-0.2, -0.15) is 13.2 Å². The summed E-state index contributed by atoms with van der Waals surface area (Å²) >= 11 is 0. The zero-order chi connectivity index (χ0) is 11.2. The molecular formula is C10H7F3NO. The summed E-state index contributed by atoms with van der Waals surface area (Å²) in [6.45, 7) is 3.36. The summed E-state index contributed by atoms with van der Waals surface area (Å²) in [5, 5.41) is 2.36. The molecule has 0 saturated heterocycles. The summed E-state index contributed by atoms with van der Waals surface area (Å²) in [7, 11) is 0. The monoisotopic (exact) mass is 214 g/mol. The number of carbonyl (C=O) groups is 1. The van der Waals surface area contributed by atoms with Crippen LogP contribution >= 0.6 is 0 Å². The lowest BCUT2D eigenvalue weighted by molar-refractivity contribution is -0.138. The highest BCUT2D eigenvalue weighted by atomic mass is 19.4. The lowest BCUT2D eigenvalue weighted by Crippen LogP contribution is -2.12. The third-order valence-electron chi connectivity index (χ3n) is 2.29. The van der Waals surface area contributed by atoms with Crippen molar-refractivity contribution in [2.45, 2.75) is 12.7 Å². The van der Waals surface area contributed by atoms with Gasteiger partial charge < -0.3 is 5.32 Å². The number of hydrogen-bond acceptors (Lipinski definition) is 1. The molecule has 1 aromatic rings. The molecule has 1 heterocycles. The molecule has 2 nitrogen and oxygen atoms in total. The second-order valence-corrected chi connectivity index (χ2v) is 3.35. The molecule has 15 heavy (non-hydrogen) atoms. The van der Waals surface area contributed by atoms with Gasteiger partial charge in [-0.25, -0.2) is 0 Å². The molecule has 1 aliphatic heterocycles. The van der Waals surface area contributed by atoms with Crippen molar-refractivity contribution in [3.05, 3.63) is 41.3 Å². The Kier molecular flexibility index (Phi) is 1.99. The summed E-state index contributed by atoms with van der Waals surface area (Å²) in [6, 6.07) is 2.33. The Morgan fingerprint density at radius 3 is 2.60 bits per heavy atom. The fourth-order valence-electron chi connectivity index (χ4n) is 1.64. The van der Waals surface area contributed by atoms with Gasteiger partial charge in [0.25, 0.3) is 5.91 Å². The molecule has 0 saturated carbocycles. The highest BCUT2D eigenvalue weighted by molar-refractivity contribution is 5.99. The minimum atomic E-state index is -4.44. The topological polar surface area (TPSA) is 29.1 Å². The van der Waals surface area contributed by atoms with E-state index in [0.29, 0.717) is 0 Å². The van der Waals surface area contributed by atoms with Crippen LogP contribution in [0.15, 0.2) is 12.1 Å². The molecule has 1 radical (unpaired) electrons.